The first-order chi connectivity index (χ1) is 14.4. The van der Waals surface area contributed by atoms with Gasteiger partial charge in [0, 0.05) is 11.2 Å². The molecule has 0 saturated carbocycles. The van der Waals surface area contributed by atoms with Gasteiger partial charge in [0.2, 0.25) is 34.8 Å². The first kappa shape index (κ1) is 25.2. The number of phosphoric acid groups is 1. The van der Waals surface area contributed by atoms with E-state index < -0.39 is 54.7 Å². The average molecular weight is 484 g/mol. The van der Waals surface area contributed by atoms with E-state index >= 15 is 0 Å². The van der Waals surface area contributed by atoms with Crippen molar-refractivity contribution in [2.24, 2.45) is 5.41 Å². The first-order valence-corrected chi connectivity index (χ1v) is 11.2. The van der Waals surface area contributed by atoms with Gasteiger partial charge in [-0.3, -0.25) is 9.32 Å². The summed E-state index contributed by atoms with van der Waals surface area (Å²) in [7, 11) is -4.93. The fraction of sp³-hybridized carbons (Fsp3) is 0.316. The molecule has 5 nitrogen and oxygen atoms in total. The van der Waals surface area contributed by atoms with Crippen molar-refractivity contribution in [3.05, 3.63) is 59.4 Å². The van der Waals surface area contributed by atoms with Crippen molar-refractivity contribution >= 4 is 24.7 Å². The summed E-state index contributed by atoms with van der Waals surface area (Å²) in [4.78, 5) is 11.9. The standard InChI is InChI=1S/C19H18F5O5PS/c1-19(2,3)18(25)31-10-9-27-30(26,28-11-7-5-4-6-8-11)29-17-15(23)13(21)12(20)14(22)16(17)24/h4-8H,9-10H2,1-3H3. The molecule has 0 aromatic heterocycles. The zero-order valence-electron chi connectivity index (χ0n) is 16.6. The average Bonchev–Trinajstić information content (AvgIpc) is 2.71. The van der Waals surface area contributed by atoms with E-state index in [9.17, 15) is 31.3 Å². The highest BCUT2D eigenvalue weighted by Gasteiger charge is 2.37. The molecule has 0 aliphatic heterocycles. The Morgan fingerprint density at radius 1 is 0.903 bits per heavy atom. The predicted octanol–water partition coefficient (Wildman–Crippen LogP) is 6.27. The maximum atomic E-state index is 14.0. The number of rotatable bonds is 8. The molecule has 170 valence electrons. The van der Waals surface area contributed by atoms with Crippen LogP contribution in [-0.4, -0.2) is 17.5 Å². The topological polar surface area (TPSA) is 61.8 Å². The second-order valence-corrected chi connectivity index (χ2v) is 9.65. The van der Waals surface area contributed by atoms with Crippen molar-refractivity contribution in [3.8, 4) is 11.5 Å². The second-order valence-electron chi connectivity index (χ2n) is 7.06. The molecule has 0 spiro atoms. The van der Waals surface area contributed by atoms with Crippen LogP contribution in [0.3, 0.4) is 0 Å². The molecule has 1 atom stereocenters. The van der Waals surface area contributed by atoms with Gasteiger partial charge in [0.15, 0.2) is 5.12 Å². The van der Waals surface area contributed by atoms with E-state index in [-0.39, 0.29) is 16.6 Å². The van der Waals surface area contributed by atoms with Crippen molar-refractivity contribution < 1.29 is 44.9 Å². The Morgan fingerprint density at radius 3 is 1.94 bits per heavy atom. The zero-order valence-corrected chi connectivity index (χ0v) is 18.3. The minimum atomic E-state index is -4.93. The van der Waals surface area contributed by atoms with Gasteiger partial charge < -0.3 is 9.05 Å². The van der Waals surface area contributed by atoms with Crippen LogP contribution in [0, 0.1) is 34.5 Å². The van der Waals surface area contributed by atoms with Crippen molar-refractivity contribution in [2.45, 2.75) is 20.8 Å². The Bertz CT molecular complexity index is 968. The second kappa shape index (κ2) is 10.0. The largest absolute Gasteiger partial charge is 0.587 e. The third-order valence-electron chi connectivity index (χ3n) is 3.51. The summed E-state index contributed by atoms with van der Waals surface area (Å²) in [5.41, 5.74) is -0.666. The molecule has 0 radical (unpaired) electrons. The van der Waals surface area contributed by atoms with Crippen LogP contribution in [0.5, 0.6) is 11.5 Å². The lowest BCUT2D eigenvalue weighted by atomic mass is 10.00. The van der Waals surface area contributed by atoms with E-state index in [1.54, 1.807) is 26.8 Å². The highest BCUT2D eigenvalue weighted by molar-refractivity contribution is 8.13. The summed E-state index contributed by atoms with van der Waals surface area (Å²) in [6.45, 7) is 4.59. The van der Waals surface area contributed by atoms with E-state index in [2.05, 4.69) is 4.52 Å². The summed E-state index contributed by atoms with van der Waals surface area (Å²) < 4.78 is 95.7. The van der Waals surface area contributed by atoms with Crippen molar-refractivity contribution in [1.82, 2.24) is 0 Å². The van der Waals surface area contributed by atoms with Crippen LogP contribution in [0.1, 0.15) is 20.8 Å². The monoisotopic (exact) mass is 484 g/mol. The molecule has 2 aromatic carbocycles. The smallest absolute Gasteiger partial charge is 0.395 e. The molecule has 2 rings (SSSR count). The quantitative estimate of drug-likeness (QED) is 0.145. The molecular weight excluding hydrogens is 466 g/mol. The van der Waals surface area contributed by atoms with Gasteiger partial charge in [-0.05, 0) is 12.1 Å². The molecule has 0 aliphatic rings. The zero-order chi connectivity index (χ0) is 23.4. The lowest BCUT2D eigenvalue weighted by Gasteiger charge is -2.20. The summed E-state index contributed by atoms with van der Waals surface area (Å²) in [6.07, 6.45) is 0. The molecule has 0 bridgehead atoms. The summed E-state index contributed by atoms with van der Waals surface area (Å²) in [5.74, 6) is -13.6. The molecule has 0 aliphatic carbocycles. The van der Waals surface area contributed by atoms with Crippen LogP contribution < -0.4 is 9.05 Å². The number of thioether (sulfide) groups is 1. The molecular formula is C19H18F5O5PS. The van der Waals surface area contributed by atoms with Gasteiger partial charge in [0.05, 0.1) is 6.61 Å². The third kappa shape index (κ3) is 6.44. The van der Waals surface area contributed by atoms with Crippen LogP contribution >= 0.6 is 19.6 Å². The molecule has 12 heteroatoms. The van der Waals surface area contributed by atoms with Crippen molar-refractivity contribution in [3.63, 3.8) is 0 Å². The Labute approximate surface area is 179 Å². The minimum absolute atomic E-state index is 0.0429. The number of phosphoric ester groups is 1. The van der Waals surface area contributed by atoms with Crippen LogP contribution in [0.2, 0.25) is 0 Å². The Balaban J connectivity index is 2.27. The maximum absolute atomic E-state index is 14.0. The van der Waals surface area contributed by atoms with Crippen LogP contribution in [0.4, 0.5) is 22.0 Å². The Hall–Kier alpha value is -2.10. The van der Waals surface area contributed by atoms with E-state index in [1.165, 1.54) is 24.3 Å². The normalized spacial score (nSPS) is 13.5. The van der Waals surface area contributed by atoms with Gasteiger partial charge in [0.25, 0.3) is 0 Å². The molecule has 2 aromatic rings. The van der Waals surface area contributed by atoms with E-state index in [0.717, 1.165) is 11.8 Å². The first-order valence-electron chi connectivity index (χ1n) is 8.73. The number of benzene rings is 2. The molecule has 1 unspecified atom stereocenters. The number of carbonyl (C=O) groups excluding carboxylic acids is 1. The number of halogens is 5. The molecule has 31 heavy (non-hydrogen) atoms. The summed E-state index contributed by atoms with van der Waals surface area (Å²) in [5, 5.41) is -0.212. The fourth-order valence-corrected chi connectivity index (χ4v) is 4.09. The van der Waals surface area contributed by atoms with E-state index in [4.69, 9.17) is 9.05 Å². The highest BCUT2D eigenvalue weighted by Crippen LogP contribution is 2.51. The van der Waals surface area contributed by atoms with E-state index in [1.807, 2.05) is 0 Å². The minimum Gasteiger partial charge on any atom is -0.395 e. The Kier molecular flexibility index (Phi) is 8.13. The summed E-state index contributed by atoms with van der Waals surface area (Å²) in [6, 6.07) is 7.12. The number of hydrogen-bond donors (Lipinski definition) is 0. The molecule has 0 fully saturated rings. The maximum Gasteiger partial charge on any atom is 0.587 e. The van der Waals surface area contributed by atoms with Gasteiger partial charge in [-0.15, -0.1) is 0 Å². The van der Waals surface area contributed by atoms with Gasteiger partial charge in [-0.2, -0.15) is 8.78 Å². The van der Waals surface area contributed by atoms with Crippen LogP contribution in [0.15, 0.2) is 30.3 Å². The van der Waals surface area contributed by atoms with Crippen LogP contribution in [0.25, 0.3) is 0 Å². The van der Waals surface area contributed by atoms with Gasteiger partial charge in [0.1, 0.15) is 5.75 Å². The predicted molar refractivity (Wildman–Crippen MR) is 104 cm³/mol. The fourth-order valence-electron chi connectivity index (χ4n) is 1.96. The van der Waals surface area contributed by atoms with Crippen molar-refractivity contribution in [2.75, 3.05) is 12.4 Å². The lowest BCUT2D eigenvalue weighted by Crippen LogP contribution is -2.18. The molecule has 0 heterocycles. The summed E-state index contributed by atoms with van der Waals surface area (Å²) >= 11 is 0.836. The number of hydrogen-bond acceptors (Lipinski definition) is 6. The van der Waals surface area contributed by atoms with Gasteiger partial charge >= 0.3 is 7.82 Å². The molecule has 0 saturated heterocycles. The molecule has 0 amide bonds. The Morgan fingerprint density at radius 2 is 1.42 bits per heavy atom. The SMILES string of the molecule is CC(C)(C)C(=O)SCCOP(=O)(Oc1ccccc1)Oc1c(F)c(F)c(F)c(F)c1F. The van der Waals surface area contributed by atoms with Crippen molar-refractivity contribution in [1.29, 1.82) is 0 Å². The number of carbonyl (C=O) groups is 1. The molecule has 0 N–H and O–H groups in total. The van der Waals surface area contributed by atoms with Gasteiger partial charge in [-0.1, -0.05) is 50.7 Å². The van der Waals surface area contributed by atoms with E-state index in [0.29, 0.717) is 0 Å². The third-order valence-corrected chi connectivity index (χ3v) is 6.10. The van der Waals surface area contributed by atoms with Crippen LogP contribution in [-0.2, 0) is 13.9 Å². The number of para-hydroxylation sites is 1. The lowest BCUT2D eigenvalue weighted by molar-refractivity contribution is -0.117. The highest BCUT2D eigenvalue weighted by atomic mass is 32.2. The van der Waals surface area contributed by atoms with Gasteiger partial charge in [-0.25, -0.2) is 17.7 Å².